The van der Waals surface area contributed by atoms with Crippen LogP contribution in [0.5, 0.6) is 0 Å². The van der Waals surface area contributed by atoms with Crippen LogP contribution in [0, 0.1) is 0 Å². The number of esters is 1. The molecule has 0 heterocycles. The van der Waals surface area contributed by atoms with Crippen LogP contribution in [0.2, 0.25) is 0 Å². The number of hydrogen-bond acceptors (Lipinski definition) is 2. The van der Waals surface area contributed by atoms with Gasteiger partial charge in [-0.1, -0.05) is 84.0 Å². The van der Waals surface area contributed by atoms with Gasteiger partial charge in [-0.3, -0.25) is 4.79 Å². The summed E-state index contributed by atoms with van der Waals surface area (Å²) >= 11 is 0. The Morgan fingerprint density at radius 2 is 1.30 bits per heavy atom. The van der Waals surface area contributed by atoms with E-state index in [1.54, 1.807) is 0 Å². The van der Waals surface area contributed by atoms with Crippen molar-refractivity contribution in [2.45, 2.75) is 104 Å². The summed E-state index contributed by atoms with van der Waals surface area (Å²) in [5, 5.41) is 0. The lowest BCUT2D eigenvalue weighted by Crippen LogP contribution is -2.03. The minimum atomic E-state index is -2.95. The number of ether oxygens (including phenoxy) is 1. The first kappa shape index (κ1) is 12.1. The summed E-state index contributed by atoms with van der Waals surface area (Å²) in [6, 6.07) is 0. The Morgan fingerprint density at radius 1 is 0.850 bits per heavy atom. The molecule has 0 spiro atoms. The second kappa shape index (κ2) is 16.5. The third-order valence-corrected chi connectivity index (χ3v) is 3.65. The zero-order valence-electron chi connectivity index (χ0n) is 18.2. The smallest absolute Gasteiger partial charge is 0.305 e. The Bertz CT molecular complexity index is 343. The Morgan fingerprint density at radius 3 is 1.75 bits per heavy atom. The molecule has 0 aliphatic rings. The zero-order chi connectivity index (χ0) is 19.2. The average Bonchev–Trinajstić information content (AvgIpc) is 2.50. The fourth-order valence-corrected chi connectivity index (χ4v) is 2.40. The van der Waals surface area contributed by atoms with Gasteiger partial charge < -0.3 is 4.74 Å². The zero-order valence-corrected chi connectivity index (χ0v) is 13.2. The Kier molecular flexibility index (Phi) is 9.96. The van der Waals surface area contributed by atoms with Crippen LogP contribution in [0.1, 0.15) is 111 Å². The molecule has 2 nitrogen and oxygen atoms in total. The standard InChI is InChI=1S/C18H36O2/c1-3-5-6-7-8-9-10-11-12-13-14-15-16-17-18(19)20-4-2/h3-17H2,1-2H3/i2D3,4D2. The van der Waals surface area contributed by atoms with E-state index >= 15 is 0 Å². The van der Waals surface area contributed by atoms with Crippen molar-refractivity contribution in [3.63, 3.8) is 0 Å². The summed E-state index contributed by atoms with van der Waals surface area (Å²) in [7, 11) is 0. The summed E-state index contributed by atoms with van der Waals surface area (Å²) in [4.78, 5) is 11.5. The molecule has 0 saturated carbocycles. The predicted molar refractivity (Wildman–Crippen MR) is 86.9 cm³/mol. The lowest BCUT2D eigenvalue weighted by Gasteiger charge is -2.03. The lowest BCUT2D eigenvalue weighted by molar-refractivity contribution is -0.143. The Balaban J connectivity index is 3.43. The molecule has 0 atom stereocenters. The van der Waals surface area contributed by atoms with Gasteiger partial charge in [0.2, 0.25) is 0 Å². The van der Waals surface area contributed by atoms with E-state index in [0.717, 1.165) is 19.3 Å². The van der Waals surface area contributed by atoms with Crippen LogP contribution in [0.15, 0.2) is 0 Å². The second-order valence-corrected chi connectivity index (χ2v) is 5.57. The van der Waals surface area contributed by atoms with E-state index in [0.29, 0.717) is 6.42 Å². The first-order chi connectivity index (χ1) is 11.7. The molecule has 0 radical (unpaired) electrons. The number of unbranched alkanes of at least 4 members (excludes halogenated alkanes) is 12. The summed E-state index contributed by atoms with van der Waals surface area (Å²) in [5.74, 6) is -0.774. The van der Waals surface area contributed by atoms with Crippen LogP contribution in [0.3, 0.4) is 0 Å². The maximum atomic E-state index is 11.5. The average molecular weight is 290 g/mol. The van der Waals surface area contributed by atoms with E-state index in [4.69, 9.17) is 6.85 Å². The van der Waals surface area contributed by atoms with E-state index < -0.39 is 19.4 Å². The van der Waals surface area contributed by atoms with Gasteiger partial charge in [0.15, 0.2) is 0 Å². The van der Waals surface area contributed by atoms with Crippen molar-refractivity contribution < 1.29 is 16.4 Å². The number of carbonyl (C=O) groups is 1. The number of hydrogen-bond donors (Lipinski definition) is 0. The first-order valence-corrected chi connectivity index (χ1v) is 8.42. The Labute approximate surface area is 133 Å². The number of rotatable bonds is 15. The van der Waals surface area contributed by atoms with Crippen LogP contribution in [0.4, 0.5) is 0 Å². The minimum absolute atomic E-state index is 0.0767. The minimum Gasteiger partial charge on any atom is -0.466 e. The van der Waals surface area contributed by atoms with Gasteiger partial charge in [-0.15, -0.1) is 0 Å². The molecular weight excluding hydrogens is 248 g/mol. The van der Waals surface area contributed by atoms with E-state index in [9.17, 15) is 4.79 Å². The largest absolute Gasteiger partial charge is 0.466 e. The maximum absolute atomic E-state index is 11.5. The molecule has 0 fully saturated rings. The molecular formula is C18H36O2. The van der Waals surface area contributed by atoms with Crippen molar-refractivity contribution in [3.05, 3.63) is 0 Å². The molecule has 0 aliphatic heterocycles. The summed E-state index contributed by atoms with van der Waals surface area (Å²) < 4.78 is 39.9. The van der Waals surface area contributed by atoms with Crippen LogP contribution in [-0.4, -0.2) is 12.5 Å². The number of carbonyl (C=O) groups excluding carboxylic acids is 1. The highest BCUT2D eigenvalue weighted by Crippen LogP contribution is 2.12. The highest BCUT2D eigenvalue weighted by molar-refractivity contribution is 5.69. The highest BCUT2D eigenvalue weighted by atomic mass is 16.5. The summed E-state index contributed by atoms with van der Waals surface area (Å²) in [5.41, 5.74) is 0. The predicted octanol–water partition coefficient (Wildman–Crippen LogP) is 6.03. The molecule has 0 saturated heterocycles. The first-order valence-electron chi connectivity index (χ1n) is 10.9. The monoisotopic (exact) mass is 289 g/mol. The van der Waals surface area contributed by atoms with Crippen LogP contribution >= 0.6 is 0 Å². The lowest BCUT2D eigenvalue weighted by atomic mass is 10.0. The molecule has 0 aliphatic carbocycles. The van der Waals surface area contributed by atoms with E-state index in [2.05, 4.69) is 11.7 Å². The van der Waals surface area contributed by atoms with E-state index in [-0.39, 0.29) is 6.42 Å². The molecule has 0 aromatic heterocycles. The molecule has 0 unspecified atom stereocenters. The van der Waals surface area contributed by atoms with Gasteiger partial charge in [0, 0.05) is 10.5 Å². The summed E-state index contributed by atoms with van der Waals surface area (Å²) in [6.45, 7) is -3.61. The normalized spacial score (nSPS) is 15.8. The quantitative estimate of drug-likeness (QED) is 0.272. The molecule has 0 amide bonds. The SMILES string of the molecule is [2H]C([2H])([2H])C([2H])([2H])OC(=O)CCCCCCCCCCCCCCC. The Hall–Kier alpha value is -0.530. The molecule has 0 N–H and O–H groups in total. The van der Waals surface area contributed by atoms with E-state index in [1.807, 2.05) is 0 Å². The molecule has 120 valence electrons. The van der Waals surface area contributed by atoms with E-state index in [1.165, 1.54) is 57.8 Å². The molecule has 0 bridgehead atoms. The van der Waals surface area contributed by atoms with Crippen LogP contribution in [-0.2, 0) is 9.53 Å². The van der Waals surface area contributed by atoms with Gasteiger partial charge in [-0.25, -0.2) is 0 Å². The van der Waals surface area contributed by atoms with Gasteiger partial charge in [0.25, 0.3) is 0 Å². The third kappa shape index (κ3) is 15.5. The molecule has 0 aromatic rings. The van der Waals surface area contributed by atoms with Gasteiger partial charge >= 0.3 is 5.97 Å². The van der Waals surface area contributed by atoms with Crippen molar-refractivity contribution in [1.82, 2.24) is 0 Å². The molecule has 20 heavy (non-hydrogen) atoms. The van der Waals surface area contributed by atoms with Gasteiger partial charge in [0.05, 0.1) is 9.30 Å². The molecule has 0 rings (SSSR count). The van der Waals surface area contributed by atoms with Crippen LogP contribution < -0.4 is 0 Å². The van der Waals surface area contributed by atoms with Gasteiger partial charge in [0.1, 0.15) is 0 Å². The second-order valence-electron chi connectivity index (χ2n) is 5.57. The highest BCUT2D eigenvalue weighted by Gasteiger charge is 2.00. The van der Waals surface area contributed by atoms with Crippen molar-refractivity contribution in [1.29, 1.82) is 0 Å². The van der Waals surface area contributed by atoms with Gasteiger partial charge in [-0.2, -0.15) is 0 Å². The topological polar surface area (TPSA) is 26.3 Å². The molecule has 2 heteroatoms. The third-order valence-electron chi connectivity index (χ3n) is 3.65. The fraction of sp³-hybridized carbons (Fsp3) is 0.944. The van der Waals surface area contributed by atoms with Crippen LogP contribution in [0.25, 0.3) is 0 Å². The van der Waals surface area contributed by atoms with Gasteiger partial charge in [-0.05, 0) is 13.3 Å². The maximum Gasteiger partial charge on any atom is 0.305 e. The summed E-state index contributed by atoms with van der Waals surface area (Å²) in [6.07, 6.45) is 15.7. The van der Waals surface area contributed by atoms with Crippen molar-refractivity contribution in [2.75, 3.05) is 6.56 Å². The van der Waals surface area contributed by atoms with Crippen molar-refractivity contribution in [3.8, 4) is 0 Å². The van der Waals surface area contributed by atoms with Crippen molar-refractivity contribution >= 4 is 5.97 Å². The fourth-order valence-electron chi connectivity index (χ4n) is 2.40. The van der Waals surface area contributed by atoms with Crippen molar-refractivity contribution in [2.24, 2.45) is 0 Å². The molecule has 0 aromatic carbocycles.